The van der Waals surface area contributed by atoms with Crippen molar-refractivity contribution in [2.24, 2.45) is 0 Å². The minimum atomic E-state index is -0.258. The van der Waals surface area contributed by atoms with Crippen LogP contribution >= 0.6 is 11.3 Å². The zero-order valence-corrected chi connectivity index (χ0v) is 14.2. The number of hydrogen-bond acceptors (Lipinski definition) is 2. The van der Waals surface area contributed by atoms with Crippen molar-refractivity contribution in [3.05, 3.63) is 83.0 Å². The fourth-order valence-electron chi connectivity index (χ4n) is 2.51. The van der Waals surface area contributed by atoms with Crippen LogP contribution in [0.5, 0.6) is 0 Å². The first-order chi connectivity index (χ1) is 11.7. The number of amides is 1. The van der Waals surface area contributed by atoms with Gasteiger partial charge in [0, 0.05) is 18.0 Å². The average molecular weight is 339 g/mol. The van der Waals surface area contributed by atoms with Gasteiger partial charge in [-0.3, -0.25) is 4.79 Å². The van der Waals surface area contributed by atoms with E-state index in [4.69, 9.17) is 0 Å². The highest BCUT2D eigenvalue weighted by molar-refractivity contribution is 7.17. The molecule has 4 heteroatoms. The van der Waals surface area contributed by atoms with Crippen molar-refractivity contribution < 1.29 is 9.18 Å². The van der Waals surface area contributed by atoms with E-state index in [1.165, 1.54) is 23.5 Å². The second-order valence-corrected chi connectivity index (χ2v) is 6.56. The van der Waals surface area contributed by atoms with Crippen molar-refractivity contribution in [3.8, 4) is 10.4 Å². The Kier molecular flexibility index (Phi) is 5.06. The van der Waals surface area contributed by atoms with Gasteiger partial charge < -0.3 is 4.90 Å². The standard InChI is InChI=1S/C20H18FNOS/c1-2-22(14-15-6-4-3-5-7-15)20(23)19-13-12-18(24-19)16-8-10-17(21)11-9-16/h3-13H,2,14H2,1H3. The van der Waals surface area contributed by atoms with E-state index in [2.05, 4.69) is 0 Å². The molecule has 24 heavy (non-hydrogen) atoms. The van der Waals surface area contributed by atoms with E-state index in [1.807, 2.05) is 54.3 Å². The molecule has 0 aliphatic heterocycles. The van der Waals surface area contributed by atoms with Gasteiger partial charge in [0.05, 0.1) is 4.88 Å². The summed E-state index contributed by atoms with van der Waals surface area (Å²) in [6.07, 6.45) is 0. The SMILES string of the molecule is CCN(Cc1ccccc1)C(=O)c1ccc(-c2ccc(F)cc2)s1. The second kappa shape index (κ2) is 7.41. The molecule has 0 aliphatic carbocycles. The van der Waals surface area contributed by atoms with Gasteiger partial charge >= 0.3 is 0 Å². The predicted molar refractivity (Wildman–Crippen MR) is 96.6 cm³/mol. The first-order valence-electron chi connectivity index (χ1n) is 7.86. The quantitative estimate of drug-likeness (QED) is 0.624. The lowest BCUT2D eigenvalue weighted by Crippen LogP contribution is -2.29. The van der Waals surface area contributed by atoms with Crippen LogP contribution in [0.3, 0.4) is 0 Å². The molecule has 3 rings (SSSR count). The fraction of sp³-hybridized carbons (Fsp3) is 0.150. The zero-order valence-electron chi connectivity index (χ0n) is 13.4. The molecule has 0 bridgehead atoms. The highest BCUT2D eigenvalue weighted by Gasteiger charge is 2.17. The molecule has 0 radical (unpaired) electrons. The van der Waals surface area contributed by atoms with Crippen LogP contribution in [0.15, 0.2) is 66.7 Å². The maximum Gasteiger partial charge on any atom is 0.264 e. The number of rotatable bonds is 5. The lowest BCUT2D eigenvalue weighted by Gasteiger charge is -2.20. The Labute approximate surface area is 145 Å². The number of halogens is 1. The summed E-state index contributed by atoms with van der Waals surface area (Å²) in [7, 11) is 0. The normalized spacial score (nSPS) is 10.6. The van der Waals surface area contributed by atoms with Crippen molar-refractivity contribution in [1.29, 1.82) is 0 Å². The fourth-order valence-corrected chi connectivity index (χ4v) is 3.49. The third-order valence-corrected chi connectivity index (χ3v) is 4.95. The molecule has 0 spiro atoms. The van der Waals surface area contributed by atoms with Crippen LogP contribution in [0.1, 0.15) is 22.2 Å². The van der Waals surface area contributed by atoms with E-state index in [0.29, 0.717) is 18.0 Å². The Hall–Kier alpha value is -2.46. The Morgan fingerprint density at radius 2 is 1.71 bits per heavy atom. The number of thiophene rings is 1. The first kappa shape index (κ1) is 16.4. The lowest BCUT2D eigenvalue weighted by atomic mass is 10.2. The Morgan fingerprint density at radius 1 is 1.00 bits per heavy atom. The Balaban J connectivity index is 1.77. The number of carbonyl (C=O) groups is 1. The molecule has 1 heterocycles. The second-order valence-electron chi connectivity index (χ2n) is 5.48. The molecule has 3 aromatic rings. The molecule has 2 aromatic carbocycles. The van der Waals surface area contributed by atoms with E-state index in [0.717, 1.165) is 16.0 Å². The zero-order chi connectivity index (χ0) is 16.9. The summed E-state index contributed by atoms with van der Waals surface area (Å²) < 4.78 is 13.0. The summed E-state index contributed by atoms with van der Waals surface area (Å²) in [6.45, 7) is 3.23. The van der Waals surface area contributed by atoms with Gasteiger partial charge in [-0.1, -0.05) is 42.5 Å². The van der Waals surface area contributed by atoms with Crippen LogP contribution in [-0.2, 0) is 6.54 Å². The highest BCUT2D eigenvalue weighted by Crippen LogP contribution is 2.29. The minimum absolute atomic E-state index is 0.0275. The van der Waals surface area contributed by atoms with E-state index in [9.17, 15) is 9.18 Å². The van der Waals surface area contributed by atoms with Gasteiger partial charge in [-0.05, 0) is 42.3 Å². The van der Waals surface area contributed by atoms with Crippen LogP contribution < -0.4 is 0 Å². The first-order valence-corrected chi connectivity index (χ1v) is 8.68. The van der Waals surface area contributed by atoms with Crippen LogP contribution in [0.25, 0.3) is 10.4 Å². The third-order valence-electron chi connectivity index (χ3n) is 3.83. The van der Waals surface area contributed by atoms with E-state index >= 15 is 0 Å². The molecule has 1 aromatic heterocycles. The summed E-state index contributed by atoms with van der Waals surface area (Å²) in [5.41, 5.74) is 2.04. The van der Waals surface area contributed by atoms with E-state index in [-0.39, 0.29) is 11.7 Å². The van der Waals surface area contributed by atoms with Crippen LogP contribution in [0.4, 0.5) is 4.39 Å². The topological polar surface area (TPSA) is 20.3 Å². The molecular weight excluding hydrogens is 321 g/mol. The van der Waals surface area contributed by atoms with Crippen molar-refractivity contribution in [2.45, 2.75) is 13.5 Å². The number of benzene rings is 2. The van der Waals surface area contributed by atoms with Gasteiger partial charge in [0.1, 0.15) is 5.82 Å². The molecule has 0 fully saturated rings. The van der Waals surface area contributed by atoms with Crippen LogP contribution in [0, 0.1) is 5.82 Å². The lowest BCUT2D eigenvalue weighted by molar-refractivity contribution is 0.0757. The highest BCUT2D eigenvalue weighted by atomic mass is 32.1. The molecule has 0 N–H and O–H groups in total. The summed E-state index contributed by atoms with van der Waals surface area (Å²) in [6, 6.07) is 20.1. The van der Waals surface area contributed by atoms with Gasteiger partial charge in [0.2, 0.25) is 0 Å². The van der Waals surface area contributed by atoms with Crippen molar-refractivity contribution in [3.63, 3.8) is 0 Å². The number of hydrogen-bond donors (Lipinski definition) is 0. The van der Waals surface area contributed by atoms with Crippen molar-refractivity contribution in [1.82, 2.24) is 4.90 Å². The minimum Gasteiger partial charge on any atom is -0.334 e. The maximum atomic E-state index is 13.0. The molecule has 0 aliphatic rings. The largest absolute Gasteiger partial charge is 0.334 e. The number of carbonyl (C=O) groups excluding carboxylic acids is 1. The average Bonchev–Trinajstić information content (AvgIpc) is 3.10. The van der Waals surface area contributed by atoms with Gasteiger partial charge in [0.25, 0.3) is 5.91 Å². The Morgan fingerprint density at radius 3 is 2.38 bits per heavy atom. The van der Waals surface area contributed by atoms with E-state index in [1.54, 1.807) is 12.1 Å². The molecule has 0 unspecified atom stereocenters. The van der Waals surface area contributed by atoms with Gasteiger partial charge in [-0.2, -0.15) is 0 Å². The summed E-state index contributed by atoms with van der Waals surface area (Å²) in [5, 5.41) is 0. The van der Waals surface area contributed by atoms with Crippen LogP contribution in [-0.4, -0.2) is 17.4 Å². The molecule has 0 saturated carbocycles. The summed E-state index contributed by atoms with van der Waals surface area (Å²) >= 11 is 1.44. The summed E-state index contributed by atoms with van der Waals surface area (Å²) in [5.74, 6) is -0.230. The molecular formula is C20H18FNOS. The van der Waals surface area contributed by atoms with Gasteiger partial charge in [-0.25, -0.2) is 4.39 Å². The summed E-state index contributed by atoms with van der Waals surface area (Å²) in [4.78, 5) is 16.3. The molecule has 0 atom stereocenters. The van der Waals surface area contributed by atoms with Gasteiger partial charge in [0.15, 0.2) is 0 Å². The molecule has 1 amide bonds. The molecule has 0 saturated heterocycles. The molecule has 2 nitrogen and oxygen atoms in total. The Bertz CT molecular complexity index is 811. The van der Waals surface area contributed by atoms with E-state index < -0.39 is 0 Å². The monoisotopic (exact) mass is 339 g/mol. The van der Waals surface area contributed by atoms with Crippen molar-refractivity contribution >= 4 is 17.2 Å². The third kappa shape index (κ3) is 3.71. The number of nitrogens with zero attached hydrogens (tertiary/aromatic N) is 1. The maximum absolute atomic E-state index is 13.0. The van der Waals surface area contributed by atoms with Crippen LogP contribution in [0.2, 0.25) is 0 Å². The van der Waals surface area contributed by atoms with Crippen molar-refractivity contribution in [2.75, 3.05) is 6.54 Å². The molecule has 122 valence electrons. The predicted octanol–water partition coefficient (Wildman–Crippen LogP) is 5.22. The van der Waals surface area contributed by atoms with Gasteiger partial charge in [-0.15, -0.1) is 11.3 Å². The smallest absolute Gasteiger partial charge is 0.264 e.